The standard InChI is InChI=1S/C18H14BrF3/c19-9-3-6-17-15-5-2-1-4-12(15)10-13-11-14(18(20,21)22)7-8-16(13)17/h1-2,4-5,7-8,10-11H,3,6,9H2. The summed E-state index contributed by atoms with van der Waals surface area (Å²) >= 11 is 3.42. The molecule has 0 spiro atoms. The molecule has 0 nitrogen and oxygen atoms in total. The van der Waals surface area contributed by atoms with E-state index in [2.05, 4.69) is 15.9 Å². The van der Waals surface area contributed by atoms with Crippen molar-refractivity contribution in [1.82, 2.24) is 0 Å². The van der Waals surface area contributed by atoms with Crippen LogP contribution < -0.4 is 0 Å². The number of benzene rings is 3. The van der Waals surface area contributed by atoms with Gasteiger partial charge in [-0.3, -0.25) is 0 Å². The molecule has 114 valence electrons. The predicted molar refractivity (Wildman–Crippen MR) is 88.6 cm³/mol. The maximum atomic E-state index is 12.9. The van der Waals surface area contributed by atoms with Crippen LogP contribution in [0, 0.1) is 0 Å². The molecular formula is C18H14BrF3. The van der Waals surface area contributed by atoms with Crippen LogP contribution in [-0.4, -0.2) is 5.33 Å². The fourth-order valence-corrected chi connectivity index (χ4v) is 3.14. The molecule has 0 N–H and O–H groups in total. The van der Waals surface area contributed by atoms with Gasteiger partial charge in [-0.2, -0.15) is 13.2 Å². The van der Waals surface area contributed by atoms with E-state index >= 15 is 0 Å². The van der Waals surface area contributed by atoms with Crippen LogP contribution in [0.2, 0.25) is 0 Å². The van der Waals surface area contributed by atoms with Gasteiger partial charge in [-0.25, -0.2) is 0 Å². The van der Waals surface area contributed by atoms with Crippen molar-refractivity contribution in [2.75, 3.05) is 5.33 Å². The van der Waals surface area contributed by atoms with Crippen LogP contribution in [0.4, 0.5) is 13.2 Å². The van der Waals surface area contributed by atoms with Crippen LogP contribution >= 0.6 is 15.9 Å². The van der Waals surface area contributed by atoms with Crippen LogP contribution in [0.3, 0.4) is 0 Å². The van der Waals surface area contributed by atoms with Crippen molar-refractivity contribution in [3.63, 3.8) is 0 Å². The van der Waals surface area contributed by atoms with E-state index in [4.69, 9.17) is 0 Å². The lowest BCUT2D eigenvalue weighted by Crippen LogP contribution is -2.04. The van der Waals surface area contributed by atoms with Gasteiger partial charge in [0.15, 0.2) is 0 Å². The summed E-state index contributed by atoms with van der Waals surface area (Å²) in [7, 11) is 0. The molecule has 22 heavy (non-hydrogen) atoms. The number of hydrogen-bond acceptors (Lipinski definition) is 0. The molecular weight excluding hydrogens is 353 g/mol. The van der Waals surface area contributed by atoms with Crippen molar-refractivity contribution in [3.05, 3.63) is 59.7 Å². The van der Waals surface area contributed by atoms with Gasteiger partial charge in [-0.1, -0.05) is 46.3 Å². The quantitative estimate of drug-likeness (QED) is 0.374. The fraction of sp³-hybridized carbons (Fsp3) is 0.222. The summed E-state index contributed by atoms with van der Waals surface area (Å²) in [6.45, 7) is 0. The lowest BCUT2D eigenvalue weighted by Gasteiger charge is -2.13. The van der Waals surface area contributed by atoms with Crippen molar-refractivity contribution in [1.29, 1.82) is 0 Å². The molecule has 0 saturated heterocycles. The average Bonchev–Trinajstić information content (AvgIpc) is 2.50. The van der Waals surface area contributed by atoms with Gasteiger partial charge in [0.05, 0.1) is 5.56 Å². The average molecular weight is 367 g/mol. The van der Waals surface area contributed by atoms with E-state index in [0.717, 1.165) is 39.9 Å². The van der Waals surface area contributed by atoms with Gasteiger partial charge in [-0.15, -0.1) is 0 Å². The number of hydrogen-bond donors (Lipinski definition) is 0. The first-order valence-corrected chi connectivity index (χ1v) is 8.20. The van der Waals surface area contributed by atoms with Gasteiger partial charge in [0.2, 0.25) is 0 Å². The summed E-state index contributed by atoms with van der Waals surface area (Å²) in [5.74, 6) is 0. The molecule has 3 aromatic rings. The first-order valence-electron chi connectivity index (χ1n) is 7.08. The van der Waals surface area contributed by atoms with Crippen molar-refractivity contribution in [2.24, 2.45) is 0 Å². The minimum absolute atomic E-state index is 0.596. The zero-order chi connectivity index (χ0) is 15.7. The Morgan fingerprint density at radius 1 is 0.864 bits per heavy atom. The Bertz CT molecular complexity index is 822. The normalized spacial score (nSPS) is 12.2. The van der Waals surface area contributed by atoms with E-state index in [1.165, 1.54) is 12.1 Å². The van der Waals surface area contributed by atoms with Gasteiger partial charge in [0, 0.05) is 5.33 Å². The van der Waals surface area contributed by atoms with E-state index in [0.29, 0.717) is 5.39 Å². The molecule has 0 radical (unpaired) electrons. The van der Waals surface area contributed by atoms with Gasteiger partial charge in [-0.05, 0) is 58.1 Å². The summed E-state index contributed by atoms with van der Waals surface area (Å²) in [6.07, 6.45) is -2.52. The second kappa shape index (κ2) is 5.92. The summed E-state index contributed by atoms with van der Waals surface area (Å²) in [4.78, 5) is 0. The summed E-state index contributed by atoms with van der Waals surface area (Å²) in [5.41, 5.74) is 0.531. The highest BCUT2D eigenvalue weighted by molar-refractivity contribution is 9.09. The number of rotatable bonds is 3. The van der Waals surface area contributed by atoms with E-state index in [9.17, 15) is 13.2 Å². The largest absolute Gasteiger partial charge is 0.416 e. The highest BCUT2D eigenvalue weighted by Crippen LogP contribution is 2.35. The molecule has 0 unspecified atom stereocenters. The second-order valence-corrected chi connectivity index (χ2v) is 6.10. The predicted octanol–water partition coefficient (Wildman–Crippen LogP) is 6.34. The Hall–Kier alpha value is -1.55. The molecule has 4 heteroatoms. The lowest BCUT2D eigenvalue weighted by atomic mass is 9.93. The molecule has 0 saturated carbocycles. The molecule has 0 atom stereocenters. The minimum atomic E-state index is -4.31. The van der Waals surface area contributed by atoms with Crippen molar-refractivity contribution < 1.29 is 13.2 Å². The summed E-state index contributed by atoms with van der Waals surface area (Å²) in [6, 6.07) is 13.7. The van der Waals surface area contributed by atoms with Crippen molar-refractivity contribution in [3.8, 4) is 0 Å². The van der Waals surface area contributed by atoms with Crippen molar-refractivity contribution >= 4 is 37.5 Å². The molecule has 0 aliphatic rings. The zero-order valence-electron chi connectivity index (χ0n) is 11.8. The van der Waals surface area contributed by atoms with Crippen molar-refractivity contribution in [2.45, 2.75) is 19.0 Å². The summed E-state index contributed by atoms with van der Waals surface area (Å²) < 4.78 is 38.8. The first kappa shape index (κ1) is 15.3. The Balaban J connectivity index is 2.29. The highest BCUT2D eigenvalue weighted by atomic mass is 79.9. The van der Waals surface area contributed by atoms with E-state index in [1.54, 1.807) is 6.07 Å². The van der Waals surface area contributed by atoms with Crippen LogP contribution in [0.5, 0.6) is 0 Å². The van der Waals surface area contributed by atoms with Crippen LogP contribution in [0.15, 0.2) is 48.5 Å². The molecule has 3 aromatic carbocycles. The highest BCUT2D eigenvalue weighted by Gasteiger charge is 2.30. The maximum Gasteiger partial charge on any atom is 0.416 e. The maximum absolute atomic E-state index is 12.9. The number of alkyl halides is 4. The Labute approximate surface area is 135 Å². The Kier molecular flexibility index (Phi) is 4.13. The van der Waals surface area contributed by atoms with Gasteiger partial charge >= 0.3 is 6.18 Å². The number of halogens is 4. The third kappa shape index (κ3) is 2.84. The smallest absolute Gasteiger partial charge is 0.166 e. The third-order valence-corrected chi connectivity index (χ3v) is 4.42. The minimum Gasteiger partial charge on any atom is -0.166 e. The molecule has 0 heterocycles. The molecule has 0 aliphatic carbocycles. The molecule has 0 fully saturated rings. The lowest BCUT2D eigenvalue weighted by molar-refractivity contribution is -0.137. The molecule has 3 rings (SSSR count). The number of fused-ring (bicyclic) bond motifs is 2. The van der Waals surface area contributed by atoms with Gasteiger partial charge in [0.25, 0.3) is 0 Å². The fourth-order valence-electron chi connectivity index (χ4n) is 2.86. The van der Waals surface area contributed by atoms with Crippen LogP contribution in [-0.2, 0) is 12.6 Å². The van der Waals surface area contributed by atoms with Crippen LogP contribution in [0.1, 0.15) is 17.5 Å². The monoisotopic (exact) mass is 366 g/mol. The molecule has 0 aromatic heterocycles. The second-order valence-electron chi connectivity index (χ2n) is 5.30. The first-order chi connectivity index (χ1) is 10.5. The van der Waals surface area contributed by atoms with Gasteiger partial charge < -0.3 is 0 Å². The van der Waals surface area contributed by atoms with Gasteiger partial charge in [0.1, 0.15) is 0 Å². The third-order valence-electron chi connectivity index (χ3n) is 3.86. The SMILES string of the molecule is FC(F)(F)c1ccc2c(CCCBr)c3ccccc3cc2c1. The molecule has 0 bridgehead atoms. The van der Waals surface area contributed by atoms with E-state index in [-0.39, 0.29) is 0 Å². The van der Waals surface area contributed by atoms with Crippen LogP contribution in [0.25, 0.3) is 21.5 Å². The topological polar surface area (TPSA) is 0 Å². The molecule has 0 amide bonds. The Morgan fingerprint density at radius 2 is 1.59 bits per heavy atom. The summed E-state index contributed by atoms with van der Waals surface area (Å²) in [5, 5.41) is 4.54. The van der Waals surface area contributed by atoms with E-state index < -0.39 is 11.7 Å². The Morgan fingerprint density at radius 3 is 2.32 bits per heavy atom. The zero-order valence-corrected chi connectivity index (χ0v) is 13.3. The number of aryl methyl sites for hydroxylation is 1. The van der Waals surface area contributed by atoms with E-state index in [1.807, 2.05) is 30.3 Å². The molecule has 0 aliphatic heterocycles.